The lowest BCUT2D eigenvalue weighted by Gasteiger charge is -2.14. The molecule has 0 rings (SSSR count). The topological polar surface area (TPSA) is 59.6 Å². The zero-order chi connectivity index (χ0) is 5.70. The Morgan fingerprint density at radius 2 is 1.71 bits per heavy atom. The van der Waals surface area contributed by atoms with Crippen molar-refractivity contribution in [3.05, 3.63) is 0 Å². The second-order valence-corrected chi connectivity index (χ2v) is 0.883. The van der Waals surface area contributed by atoms with Crippen LogP contribution in [-0.4, -0.2) is 24.5 Å². The molecule has 0 aromatic heterocycles. The highest BCUT2D eigenvalue weighted by atomic mass is 16.5. The summed E-state index contributed by atoms with van der Waals surface area (Å²) in [4.78, 5) is 0. The van der Waals surface area contributed by atoms with Crippen molar-refractivity contribution in [2.24, 2.45) is 0 Å². The van der Waals surface area contributed by atoms with E-state index in [1.54, 1.807) is 14.1 Å². The first-order valence-electron chi connectivity index (χ1n) is 1.89. The van der Waals surface area contributed by atoms with Crippen molar-refractivity contribution in [1.29, 1.82) is 0 Å². The van der Waals surface area contributed by atoms with Gasteiger partial charge in [-0.15, -0.1) is 5.59 Å². The molecule has 0 unspecified atom stereocenters. The van der Waals surface area contributed by atoms with Gasteiger partial charge in [0.25, 0.3) is 0 Å². The van der Waals surface area contributed by atoms with E-state index >= 15 is 0 Å². The van der Waals surface area contributed by atoms with E-state index < -0.39 is 0 Å². The van der Waals surface area contributed by atoms with Gasteiger partial charge in [0, 0.05) is 14.1 Å². The summed E-state index contributed by atoms with van der Waals surface area (Å²) in [5.74, 6) is 0. The maximum atomic E-state index is 8.08. The van der Waals surface area contributed by atoms with Crippen LogP contribution in [0.3, 0.4) is 0 Å². The van der Waals surface area contributed by atoms with Crippen molar-refractivity contribution in [2.75, 3.05) is 14.1 Å². The molecule has 7 heavy (non-hydrogen) atoms. The monoisotopic (exact) mass is 106 g/mol. The fourth-order valence-corrected chi connectivity index (χ4v) is 0.212. The molecule has 0 aliphatic heterocycles. The van der Waals surface area contributed by atoms with Crippen LogP contribution in [0.2, 0.25) is 0 Å². The van der Waals surface area contributed by atoms with Crippen LogP contribution in [0, 0.1) is 0 Å². The summed E-state index contributed by atoms with van der Waals surface area (Å²) in [7, 11) is 3.30. The predicted molar refractivity (Wildman–Crippen MR) is 24.9 cm³/mol. The van der Waals surface area contributed by atoms with Crippen LogP contribution in [0.1, 0.15) is 0 Å². The molecule has 0 aromatic carbocycles. The van der Waals surface area contributed by atoms with Crippen LogP contribution in [0.4, 0.5) is 0 Å². The third kappa shape index (κ3) is 2.49. The average Bonchev–Trinajstić information content (AvgIpc) is 1.72. The molecule has 0 saturated heterocycles. The first-order valence-corrected chi connectivity index (χ1v) is 1.89. The van der Waals surface area contributed by atoms with Gasteiger partial charge in [-0.1, -0.05) is 5.23 Å². The Kier molecular flexibility index (Phi) is 3.86. The van der Waals surface area contributed by atoms with Gasteiger partial charge in [0.15, 0.2) is 0 Å². The Balaban J connectivity index is 2.99. The lowest BCUT2D eigenvalue weighted by molar-refractivity contribution is -0.0809. The molecule has 0 amide bonds. The van der Waals surface area contributed by atoms with Crippen molar-refractivity contribution >= 4 is 0 Å². The summed E-state index contributed by atoms with van der Waals surface area (Å²) in [6.07, 6.45) is 0. The maximum Gasteiger partial charge on any atom is 0.00155 e. The van der Waals surface area contributed by atoms with Crippen LogP contribution < -0.4 is 16.4 Å². The SMILES string of the molecule is CNN(NC)NO. The van der Waals surface area contributed by atoms with Gasteiger partial charge in [0.05, 0.1) is 0 Å². The molecule has 4 N–H and O–H groups in total. The fourth-order valence-electron chi connectivity index (χ4n) is 0.212. The van der Waals surface area contributed by atoms with E-state index in [-0.39, 0.29) is 0 Å². The highest BCUT2D eigenvalue weighted by molar-refractivity contribution is 4.12. The summed E-state index contributed by atoms with van der Waals surface area (Å²) in [5.41, 5.74) is 6.94. The van der Waals surface area contributed by atoms with Crippen molar-refractivity contribution in [3.8, 4) is 0 Å². The minimum absolute atomic E-state index is 1.18. The summed E-state index contributed by atoms with van der Waals surface area (Å²) >= 11 is 0. The Hall–Kier alpha value is -0.200. The smallest absolute Gasteiger partial charge is 0.00155 e. The van der Waals surface area contributed by atoms with Gasteiger partial charge in [-0.2, -0.15) is 0 Å². The van der Waals surface area contributed by atoms with Crippen LogP contribution in [0.25, 0.3) is 0 Å². The summed E-state index contributed by atoms with van der Waals surface area (Å²) in [6, 6.07) is 0. The third-order valence-corrected chi connectivity index (χ3v) is 0.547. The van der Waals surface area contributed by atoms with Crippen molar-refractivity contribution in [2.45, 2.75) is 0 Å². The summed E-state index contributed by atoms with van der Waals surface area (Å²) < 4.78 is 0. The largest absolute Gasteiger partial charge is 0.299 e. The van der Waals surface area contributed by atoms with Gasteiger partial charge in [-0.3, -0.25) is 5.21 Å². The Labute approximate surface area is 42.2 Å². The van der Waals surface area contributed by atoms with Crippen molar-refractivity contribution in [3.63, 3.8) is 0 Å². The molecule has 0 aromatic rings. The molecule has 0 saturated carbocycles. The molecule has 0 aliphatic rings. The van der Waals surface area contributed by atoms with E-state index in [1.165, 1.54) is 5.23 Å². The minimum atomic E-state index is 1.18. The standard InChI is InChI=1S/C2H10N4O/c1-3-6(4-2)5-7/h3-5,7H,1-2H3. The first-order chi connectivity index (χ1) is 3.35. The van der Waals surface area contributed by atoms with Gasteiger partial charge in [-0.05, 0) is 0 Å². The van der Waals surface area contributed by atoms with E-state index in [9.17, 15) is 0 Å². The van der Waals surface area contributed by atoms with Gasteiger partial charge < -0.3 is 0 Å². The van der Waals surface area contributed by atoms with Gasteiger partial charge in [0.2, 0.25) is 0 Å². The number of nitrogens with one attached hydrogen (secondary N) is 3. The third-order valence-electron chi connectivity index (χ3n) is 0.547. The van der Waals surface area contributed by atoms with Gasteiger partial charge in [-0.25, -0.2) is 10.9 Å². The van der Waals surface area contributed by atoms with Crippen molar-refractivity contribution < 1.29 is 5.21 Å². The highest BCUT2D eigenvalue weighted by Gasteiger charge is 1.87. The average molecular weight is 106 g/mol. The van der Waals surface area contributed by atoms with E-state index in [0.29, 0.717) is 0 Å². The second kappa shape index (κ2) is 3.97. The van der Waals surface area contributed by atoms with Crippen molar-refractivity contribution in [1.82, 2.24) is 21.7 Å². The minimum Gasteiger partial charge on any atom is -0.299 e. The lowest BCUT2D eigenvalue weighted by Crippen LogP contribution is -2.51. The fraction of sp³-hybridized carbons (Fsp3) is 1.00. The molecule has 44 valence electrons. The quantitative estimate of drug-likeness (QED) is 0.328. The highest BCUT2D eigenvalue weighted by Crippen LogP contribution is 1.51. The Morgan fingerprint density at radius 3 is 1.71 bits per heavy atom. The molecule has 0 aliphatic carbocycles. The number of nitrogens with zero attached hydrogens (tertiary/aromatic N) is 1. The zero-order valence-corrected chi connectivity index (χ0v) is 4.39. The van der Waals surface area contributed by atoms with Crippen LogP contribution in [0.5, 0.6) is 0 Å². The molecular weight excluding hydrogens is 96.0 g/mol. The zero-order valence-electron chi connectivity index (χ0n) is 4.39. The normalized spacial score (nSPS) is 10.3. The predicted octanol–water partition coefficient (Wildman–Crippen LogP) is -1.55. The molecule has 0 heterocycles. The maximum absolute atomic E-state index is 8.08. The number of hydrogen-bond acceptors (Lipinski definition) is 5. The van der Waals surface area contributed by atoms with E-state index in [2.05, 4.69) is 10.9 Å². The molecular formula is C2H10N4O. The van der Waals surface area contributed by atoms with Crippen LogP contribution in [-0.2, 0) is 0 Å². The summed E-state index contributed by atoms with van der Waals surface area (Å²) in [5, 5.41) is 9.26. The molecule has 5 nitrogen and oxygen atoms in total. The molecule has 5 heteroatoms. The summed E-state index contributed by atoms with van der Waals surface area (Å²) in [6.45, 7) is 0. The van der Waals surface area contributed by atoms with Gasteiger partial charge in [0.1, 0.15) is 0 Å². The van der Waals surface area contributed by atoms with E-state index in [4.69, 9.17) is 5.21 Å². The van der Waals surface area contributed by atoms with Crippen LogP contribution >= 0.6 is 0 Å². The molecule has 0 atom stereocenters. The molecule has 0 fully saturated rings. The second-order valence-electron chi connectivity index (χ2n) is 0.883. The first kappa shape index (κ1) is 6.80. The van der Waals surface area contributed by atoms with E-state index in [1.807, 2.05) is 5.59 Å². The molecule has 0 radical (unpaired) electrons. The number of hydrazine groups is 3. The molecule has 0 bridgehead atoms. The Bertz CT molecular complexity index is 31.2. The van der Waals surface area contributed by atoms with E-state index in [0.717, 1.165) is 0 Å². The van der Waals surface area contributed by atoms with Gasteiger partial charge >= 0.3 is 0 Å². The molecule has 0 spiro atoms. The Morgan fingerprint density at radius 1 is 1.29 bits per heavy atom. The lowest BCUT2D eigenvalue weighted by atomic mass is 11.4. The van der Waals surface area contributed by atoms with Crippen LogP contribution in [0.15, 0.2) is 0 Å². The number of rotatable bonds is 3. The number of hydrogen-bond donors (Lipinski definition) is 4.